The summed E-state index contributed by atoms with van der Waals surface area (Å²) in [5.41, 5.74) is 0.753. The molecule has 1 atom stereocenters. The minimum atomic E-state index is -0.630. The van der Waals surface area contributed by atoms with Gasteiger partial charge in [-0.25, -0.2) is 9.67 Å². The summed E-state index contributed by atoms with van der Waals surface area (Å²) in [6, 6.07) is 9.32. The number of carbonyl (C=O) groups excluding carboxylic acids is 1. The maximum Gasteiger partial charge on any atom is 0.246 e. The SMILES string of the molecule is CCc1nc(Cl)nn1CN(C(=O)C(C)Cl)c1ccccc1. The predicted octanol–water partition coefficient (Wildman–Crippen LogP) is 3.11. The van der Waals surface area contributed by atoms with Crippen molar-refractivity contribution in [1.82, 2.24) is 14.8 Å². The summed E-state index contributed by atoms with van der Waals surface area (Å²) in [5, 5.41) is 3.66. The van der Waals surface area contributed by atoms with E-state index in [9.17, 15) is 4.79 Å². The lowest BCUT2D eigenvalue weighted by molar-refractivity contribution is -0.118. The molecule has 112 valence electrons. The molecule has 0 bridgehead atoms. The van der Waals surface area contributed by atoms with Crippen LogP contribution in [0.3, 0.4) is 0 Å². The third-order valence-electron chi connectivity index (χ3n) is 2.99. The molecule has 0 fully saturated rings. The molecular formula is C14H16Cl2N4O. The normalized spacial score (nSPS) is 12.2. The number of para-hydroxylation sites is 1. The number of carbonyl (C=O) groups is 1. The largest absolute Gasteiger partial charge is 0.291 e. The van der Waals surface area contributed by atoms with Gasteiger partial charge in [-0.1, -0.05) is 25.1 Å². The second kappa shape index (κ2) is 6.91. The van der Waals surface area contributed by atoms with Gasteiger partial charge in [0, 0.05) is 12.1 Å². The minimum absolute atomic E-state index is 0.172. The first-order valence-electron chi connectivity index (χ1n) is 6.62. The first-order chi connectivity index (χ1) is 10.0. The first-order valence-corrected chi connectivity index (χ1v) is 7.44. The molecule has 7 heteroatoms. The molecular weight excluding hydrogens is 311 g/mol. The Labute approximate surface area is 133 Å². The monoisotopic (exact) mass is 326 g/mol. The van der Waals surface area contributed by atoms with Crippen LogP contribution < -0.4 is 4.90 Å². The molecule has 1 unspecified atom stereocenters. The van der Waals surface area contributed by atoms with Gasteiger partial charge in [0.05, 0.1) is 0 Å². The summed E-state index contributed by atoms with van der Waals surface area (Å²) in [6.45, 7) is 3.83. The molecule has 1 aromatic carbocycles. The Morgan fingerprint density at radius 2 is 2.05 bits per heavy atom. The molecule has 2 aromatic rings. The van der Waals surface area contributed by atoms with Gasteiger partial charge in [0.2, 0.25) is 11.2 Å². The molecule has 1 amide bonds. The van der Waals surface area contributed by atoms with E-state index in [2.05, 4.69) is 10.1 Å². The Kier molecular flexibility index (Phi) is 5.20. The average Bonchev–Trinajstić information content (AvgIpc) is 2.84. The van der Waals surface area contributed by atoms with Crippen molar-refractivity contribution in [3.63, 3.8) is 0 Å². The second-order valence-corrected chi connectivity index (χ2v) is 5.50. The van der Waals surface area contributed by atoms with Crippen LogP contribution in [0.4, 0.5) is 5.69 Å². The third kappa shape index (κ3) is 3.74. The highest BCUT2D eigenvalue weighted by atomic mass is 35.5. The number of hydrogen-bond acceptors (Lipinski definition) is 3. The number of benzene rings is 1. The Morgan fingerprint density at radius 1 is 1.38 bits per heavy atom. The Balaban J connectivity index is 2.34. The molecule has 1 aromatic heterocycles. The van der Waals surface area contributed by atoms with Crippen LogP contribution in [-0.2, 0) is 17.9 Å². The summed E-state index contributed by atoms with van der Waals surface area (Å²) in [7, 11) is 0. The Hall–Kier alpha value is -1.59. The zero-order chi connectivity index (χ0) is 15.4. The van der Waals surface area contributed by atoms with E-state index in [0.717, 1.165) is 11.5 Å². The summed E-state index contributed by atoms with van der Waals surface area (Å²) in [4.78, 5) is 18.1. The van der Waals surface area contributed by atoms with Gasteiger partial charge >= 0.3 is 0 Å². The summed E-state index contributed by atoms with van der Waals surface area (Å²) < 4.78 is 1.62. The summed E-state index contributed by atoms with van der Waals surface area (Å²) in [5.74, 6) is 0.521. The fourth-order valence-electron chi connectivity index (χ4n) is 1.95. The molecule has 0 saturated carbocycles. The van der Waals surface area contributed by atoms with Gasteiger partial charge in [-0.3, -0.25) is 9.69 Å². The fourth-order valence-corrected chi connectivity index (χ4v) is 2.26. The Bertz CT molecular complexity index is 613. The molecule has 5 nitrogen and oxygen atoms in total. The van der Waals surface area contributed by atoms with Crippen molar-refractivity contribution in [1.29, 1.82) is 0 Å². The van der Waals surface area contributed by atoms with E-state index < -0.39 is 5.38 Å². The maximum absolute atomic E-state index is 12.4. The van der Waals surface area contributed by atoms with Gasteiger partial charge in [-0.05, 0) is 30.7 Å². The zero-order valence-corrected chi connectivity index (χ0v) is 13.3. The van der Waals surface area contributed by atoms with Crippen molar-refractivity contribution in [2.75, 3.05) is 4.90 Å². The summed E-state index contributed by atoms with van der Waals surface area (Å²) >= 11 is 11.8. The molecule has 0 radical (unpaired) electrons. The van der Waals surface area contributed by atoms with Crippen molar-refractivity contribution in [2.24, 2.45) is 0 Å². The van der Waals surface area contributed by atoms with Crippen molar-refractivity contribution < 1.29 is 4.79 Å². The molecule has 2 rings (SSSR count). The predicted molar refractivity (Wildman–Crippen MR) is 83.7 cm³/mol. The highest BCUT2D eigenvalue weighted by molar-refractivity contribution is 6.32. The topological polar surface area (TPSA) is 51.0 Å². The number of aryl methyl sites for hydroxylation is 1. The number of nitrogens with zero attached hydrogens (tertiary/aromatic N) is 4. The van der Waals surface area contributed by atoms with Crippen LogP contribution in [-0.4, -0.2) is 26.0 Å². The van der Waals surface area contributed by atoms with Crippen LogP contribution in [0.5, 0.6) is 0 Å². The number of anilines is 1. The lowest BCUT2D eigenvalue weighted by atomic mass is 10.2. The zero-order valence-electron chi connectivity index (χ0n) is 11.8. The summed E-state index contributed by atoms with van der Waals surface area (Å²) in [6.07, 6.45) is 0.674. The number of hydrogen-bond donors (Lipinski definition) is 0. The quantitative estimate of drug-likeness (QED) is 0.793. The van der Waals surface area contributed by atoms with E-state index in [0.29, 0.717) is 6.42 Å². The highest BCUT2D eigenvalue weighted by Crippen LogP contribution is 2.18. The molecule has 0 N–H and O–H groups in total. The molecule has 0 aliphatic carbocycles. The molecule has 0 aliphatic rings. The van der Waals surface area contributed by atoms with Gasteiger partial charge in [-0.2, -0.15) is 0 Å². The van der Waals surface area contributed by atoms with Crippen molar-refractivity contribution in [2.45, 2.75) is 32.3 Å². The van der Waals surface area contributed by atoms with Gasteiger partial charge in [0.1, 0.15) is 17.9 Å². The van der Waals surface area contributed by atoms with Crippen molar-refractivity contribution in [3.8, 4) is 0 Å². The molecule has 1 heterocycles. The smallest absolute Gasteiger partial charge is 0.246 e. The van der Waals surface area contributed by atoms with E-state index in [1.807, 2.05) is 37.3 Å². The van der Waals surface area contributed by atoms with Crippen LogP contribution in [0.2, 0.25) is 5.28 Å². The number of alkyl halides is 1. The lowest BCUT2D eigenvalue weighted by Crippen LogP contribution is -2.38. The van der Waals surface area contributed by atoms with Gasteiger partial charge in [0.15, 0.2) is 0 Å². The molecule has 0 aliphatic heterocycles. The van der Waals surface area contributed by atoms with Crippen LogP contribution in [0.15, 0.2) is 30.3 Å². The van der Waals surface area contributed by atoms with E-state index in [1.165, 1.54) is 0 Å². The van der Waals surface area contributed by atoms with E-state index in [1.54, 1.807) is 16.5 Å². The van der Waals surface area contributed by atoms with Crippen LogP contribution >= 0.6 is 23.2 Å². The number of halogens is 2. The van der Waals surface area contributed by atoms with Crippen molar-refractivity contribution >= 4 is 34.8 Å². The van der Waals surface area contributed by atoms with Gasteiger partial charge in [0.25, 0.3) is 0 Å². The highest BCUT2D eigenvalue weighted by Gasteiger charge is 2.22. The third-order valence-corrected chi connectivity index (χ3v) is 3.34. The fraction of sp³-hybridized carbons (Fsp3) is 0.357. The van der Waals surface area contributed by atoms with Gasteiger partial charge in [-0.15, -0.1) is 16.7 Å². The molecule has 21 heavy (non-hydrogen) atoms. The minimum Gasteiger partial charge on any atom is -0.291 e. The van der Waals surface area contributed by atoms with E-state index in [-0.39, 0.29) is 17.9 Å². The number of amides is 1. The average molecular weight is 327 g/mol. The van der Waals surface area contributed by atoms with Crippen LogP contribution in [0.25, 0.3) is 0 Å². The standard InChI is InChI=1S/C14H16Cl2N4O/c1-3-12-17-14(16)18-20(12)9-19(13(21)10(2)15)11-7-5-4-6-8-11/h4-8,10H,3,9H2,1-2H3. The second-order valence-electron chi connectivity index (χ2n) is 4.51. The van der Waals surface area contributed by atoms with Crippen molar-refractivity contribution in [3.05, 3.63) is 41.4 Å². The van der Waals surface area contributed by atoms with Gasteiger partial charge < -0.3 is 0 Å². The van der Waals surface area contributed by atoms with E-state index >= 15 is 0 Å². The van der Waals surface area contributed by atoms with Crippen LogP contribution in [0, 0.1) is 0 Å². The number of rotatable bonds is 5. The number of aromatic nitrogens is 3. The molecule has 0 saturated heterocycles. The first kappa shape index (κ1) is 15.8. The Morgan fingerprint density at radius 3 is 2.62 bits per heavy atom. The lowest BCUT2D eigenvalue weighted by Gasteiger charge is -2.24. The molecule has 0 spiro atoms. The maximum atomic E-state index is 12.4. The van der Waals surface area contributed by atoms with E-state index in [4.69, 9.17) is 23.2 Å². The van der Waals surface area contributed by atoms with Crippen LogP contribution in [0.1, 0.15) is 19.7 Å².